The van der Waals surface area contributed by atoms with Gasteiger partial charge in [-0.2, -0.15) is 0 Å². The Morgan fingerprint density at radius 3 is 2.57 bits per heavy atom. The molecule has 35 heavy (non-hydrogen) atoms. The lowest BCUT2D eigenvalue weighted by Crippen LogP contribution is -2.42. The van der Waals surface area contributed by atoms with E-state index in [1.165, 1.54) is 0 Å². The number of rotatable bonds is 9. The van der Waals surface area contributed by atoms with Crippen LogP contribution < -0.4 is 4.74 Å². The minimum Gasteiger partial charge on any atom is -0.507 e. The van der Waals surface area contributed by atoms with Gasteiger partial charge in [0, 0.05) is 36.8 Å². The molecule has 2 aromatic carbocycles. The molecule has 0 spiro atoms. The minimum atomic E-state index is -0.710. The Hall–Kier alpha value is -2.87. The lowest BCUT2D eigenvalue weighted by atomic mass is 9.95. The van der Waals surface area contributed by atoms with E-state index in [1.54, 1.807) is 47.4 Å². The third-order valence-electron chi connectivity index (χ3n) is 6.36. The summed E-state index contributed by atoms with van der Waals surface area (Å²) in [5, 5.41) is 11.8. The van der Waals surface area contributed by atoms with Crippen LogP contribution in [0.3, 0.4) is 0 Å². The van der Waals surface area contributed by atoms with Crippen molar-refractivity contribution in [2.75, 3.05) is 46.0 Å². The van der Waals surface area contributed by atoms with E-state index in [1.807, 2.05) is 6.07 Å². The number of benzene rings is 2. The standard InChI is InChI=1S/C27H31ClN2O5/c1-2-3-15-35-22-6-4-5-20(18-22)25(31)23-24(19-7-9-21(28)10-8-19)30(27(33)26(23)32)12-11-29-13-16-34-17-14-29/h4-10,18,24,31H,2-3,11-17H2,1H3. The molecule has 8 heteroatoms. The Morgan fingerprint density at radius 2 is 1.86 bits per heavy atom. The number of carbonyl (C=O) groups is 2. The lowest BCUT2D eigenvalue weighted by Gasteiger charge is -2.31. The van der Waals surface area contributed by atoms with Gasteiger partial charge >= 0.3 is 0 Å². The molecule has 2 fully saturated rings. The van der Waals surface area contributed by atoms with Crippen LogP contribution in [0.1, 0.15) is 36.9 Å². The van der Waals surface area contributed by atoms with Gasteiger partial charge in [-0.25, -0.2) is 0 Å². The van der Waals surface area contributed by atoms with Crippen molar-refractivity contribution in [3.63, 3.8) is 0 Å². The fourth-order valence-electron chi connectivity index (χ4n) is 4.40. The van der Waals surface area contributed by atoms with E-state index >= 15 is 0 Å². The number of nitrogens with zero attached hydrogens (tertiary/aromatic N) is 2. The van der Waals surface area contributed by atoms with E-state index in [0.29, 0.717) is 54.8 Å². The van der Waals surface area contributed by atoms with E-state index in [2.05, 4.69) is 11.8 Å². The molecule has 186 valence electrons. The van der Waals surface area contributed by atoms with Crippen LogP contribution in [0.15, 0.2) is 54.1 Å². The number of Topliss-reactive ketones (excluding diaryl/α,β-unsaturated/α-hetero) is 1. The van der Waals surface area contributed by atoms with E-state index < -0.39 is 17.7 Å². The number of unbranched alkanes of at least 4 members (excludes halogenated alkanes) is 1. The molecule has 1 N–H and O–H groups in total. The molecule has 2 aliphatic rings. The number of hydrogen-bond acceptors (Lipinski definition) is 6. The molecule has 1 atom stereocenters. The van der Waals surface area contributed by atoms with E-state index in [4.69, 9.17) is 21.1 Å². The lowest BCUT2D eigenvalue weighted by molar-refractivity contribution is -0.140. The molecule has 1 amide bonds. The number of ether oxygens (including phenoxy) is 2. The van der Waals surface area contributed by atoms with Gasteiger partial charge < -0.3 is 19.5 Å². The number of aliphatic hydroxyl groups excluding tert-OH is 1. The van der Waals surface area contributed by atoms with Crippen LogP contribution in [0.2, 0.25) is 5.02 Å². The van der Waals surface area contributed by atoms with Crippen LogP contribution in [-0.4, -0.2) is 72.6 Å². The fourth-order valence-corrected chi connectivity index (χ4v) is 4.53. The molecule has 0 aromatic heterocycles. The van der Waals surface area contributed by atoms with Gasteiger partial charge in [0.05, 0.1) is 31.4 Å². The number of amides is 1. The molecule has 2 aromatic rings. The summed E-state index contributed by atoms with van der Waals surface area (Å²) in [5.41, 5.74) is 1.22. The van der Waals surface area contributed by atoms with E-state index in [0.717, 1.165) is 25.9 Å². The Bertz CT molecular complexity index is 1080. The average Bonchev–Trinajstić information content (AvgIpc) is 3.13. The Morgan fingerprint density at radius 1 is 1.11 bits per heavy atom. The Balaban J connectivity index is 1.68. The maximum atomic E-state index is 13.2. The number of carbonyl (C=O) groups excluding carboxylic acids is 2. The predicted molar refractivity (Wildman–Crippen MR) is 135 cm³/mol. The molecule has 2 aliphatic heterocycles. The SMILES string of the molecule is CCCCOc1cccc(C(O)=C2C(=O)C(=O)N(CCN3CCOCC3)C2c2ccc(Cl)cc2)c1. The predicted octanol–water partition coefficient (Wildman–Crippen LogP) is 4.27. The van der Waals surface area contributed by atoms with Crippen molar-refractivity contribution in [3.05, 3.63) is 70.3 Å². The third kappa shape index (κ3) is 5.86. The van der Waals surface area contributed by atoms with Gasteiger partial charge in [-0.05, 0) is 36.2 Å². The van der Waals surface area contributed by atoms with Crippen LogP contribution >= 0.6 is 11.6 Å². The van der Waals surface area contributed by atoms with Crippen LogP contribution in [0.5, 0.6) is 5.75 Å². The summed E-state index contributed by atoms with van der Waals surface area (Å²) in [4.78, 5) is 30.1. The molecule has 0 radical (unpaired) electrons. The highest BCUT2D eigenvalue weighted by Crippen LogP contribution is 2.40. The zero-order chi connectivity index (χ0) is 24.8. The average molecular weight is 499 g/mol. The van der Waals surface area contributed by atoms with Crippen LogP contribution in [0.25, 0.3) is 5.76 Å². The van der Waals surface area contributed by atoms with Crippen molar-refractivity contribution < 1.29 is 24.2 Å². The van der Waals surface area contributed by atoms with E-state index in [-0.39, 0.29) is 11.3 Å². The first kappa shape index (κ1) is 25.2. The first-order valence-electron chi connectivity index (χ1n) is 12.1. The first-order valence-corrected chi connectivity index (χ1v) is 12.4. The molecule has 4 rings (SSSR count). The zero-order valence-electron chi connectivity index (χ0n) is 19.9. The van der Waals surface area contributed by atoms with E-state index in [9.17, 15) is 14.7 Å². The van der Waals surface area contributed by atoms with Crippen molar-refractivity contribution in [2.45, 2.75) is 25.8 Å². The van der Waals surface area contributed by atoms with Gasteiger partial charge in [-0.3, -0.25) is 14.5 Å². The normalized spacial score (nSPS) is 20.4. The van der Waals surface area contributed by atoms with Crippen molar-refractivity contribution >= 4 is 29.1 Å². The molecule has 1 unspecified atom stereocenters. The number of aliphatic hydroxyl groups is 1. The van der Waals surface area contributed by atoms with Crippen molar-refractivity contribution in [1.29, 1.82) is 0 Å². The Kier molecular flexibility index (Phi) is 8.44. The van der Waals surface area contributed by atoms with Gasteiger partial charge in [-0.15, -0.1) is 0 Å². The highest BCUT2D eigenvalue weighted by Gasteiger charge is 2.46. The van der Waals surface area contributed by atoms with Gasteiger partial charge in [0.25, 0.3) is 11.7 Å². The topological polar surface area (TPSA) is 79.3 Å². The fraction of sp³-hybridized carbons (Fsp3) is 0.407. The molecular formula is C27H31ClN2O5. The molecule has 7 nitrogen and oxygen atoms in total. The second-order valence-corrected chi connectivity index (χ2v) is 9.16. The quantitative estimate of drug-likeness (QED) is 0.241. The summed E-state index contributed by atoms with van der Waals surface area (Å²) in [7, 11) is 0. The highest BCUT2D eigenvalue weighted by molar-refractivity contribution is 6.46. The largest absolute Gasteiger partial charge is 0.507 e. The highest BCUT2D eigenvalue weighted by atomic mass is 35.5. The maximum Gasteiger partial charge on any atom is 0.295 e. The number of likely N-dealkylation sites (tertiary alicyclic amines) is 1. The molecular weight excluding hydrogens is 468 g/mol. The van der Waals surface area contributed by atoms with Crippen LogP contribution in [0.4, 0.5) is 0 Å². The molecule has 0 bridgehead atoms. The van der Waals surface area contributed by atoms with Gasteiger partial charge in [0.2, 0.25) is 0 Å². The second kappa shape index (κ2) is 11.7. The molecule has 0 aliphatic carbocycles. The number of hydrogen-bond donors (Lipinski definition) is 1. The molecule has 2 saturated heterocycles. The third-order valence-corrected chi connectivity index (χ3v) is 6.61. The summed E-state index contributed by atoms with van der Waals surface area (Å²) < 4.78 is 11.2. The van der Waals surface area contributed by atoms with Crippen molar-refractivity contribution in [2.24, 2.45) is 0 Å². The van der Waals surface area contributed by atoms with Gasteiger partial charge in [0.1, 0.15) is 11.5 Å². The number of halogens is 1. The van der Waals surface area contributed by atoms with Gasteiger partial charge in [0.15, 0.2) is 0 Å². The smallest absolute Gasteiger partial charge is 0.295 e. The van der Waals surface area contributed by atoms with Crippen molar-refractivity contribution in [3.8, 4) is 5.75 Å². The number of morpholine rings is 1. The van der Waals surface area contributed by atoms with Crippen LogP contribution in [0, 0.1) is 0 Å². The molecule has 0 saturated carbocycles. The van der Waals surface area contributed by atoms with Crippen LogP contribution in [-0.2, 0) is 14.3 Å². The first-order chi connectivity index (χ1) is 17.0. The van der Waals surface area contributed by atoms with Crippen molar-refractivity contribution in [1.82, 2.24) is 9.80 Å². The number of ketones is 1. The van der Waals surface area contributed by atoms with Gasteiger partial charge in [-0.1, -0.05) is 49.2 Å². The Labute approximate surface area is 210 Å². The zero-order valence-corrected chi connectivity index (χ0v) is 20.7. The maximum absolute atomic E-state index is 13.2. The minimum absolute atomic E-state index is 0.0741. The second-order valence-electron chi connectivity index (χ2n) is 8.73. The summed E-state index contributed by atoms with van der Waals surface area (Å²) >= 11 is 6.10. The summed E-state index contributed by atoms with van der Waals surface area (Å²) in [6.45, 7) is 6.47. The summed E-state index contributed by atoms with van der Waals surface area (Å²) in [6, 6.07) is 13.3. The monoisotopic (exact) mass is 498 g/mol. The summed E-state index contributed by atoms with van der Waals surface area (Å²) in [5.74, 6) is -0.915. The summed E-state index contributed by atoms with van der Waals surface area (Å²) in [6.07, 6.45) is 1.93. The molecule has 2 heterocycles.